The summed E-state index contributed by atoms with van der Waals surface area (Å²) >= 11 is 7.31. The van der Waals surface area contributed by atoms with E-state index in [9.17, 15) is 14.7 Å². The van der Waals surface area contributed by atoms with Gasteiger partial charge in [0.05, 0.1) is 9.75 Å². The highest BCUT2D eigenvalue weighted by Gasteiger charge is 2.36. The van der Waals surface area contributed by atoms with Gasteiger partial charge in [-0.05, 0) is 31.4 Å². The van der Waals surface area contributed by atoms with Crippen LogP contribution in [0.1, 0.15) is 38.0 Å². The highest BCUT2D eigenvalue weighted by Crippen LogP contribution is 2.30. The van der Waals surface area contributed by atoms with Crippen LogP contribution in [0.25, 0.3) is 0 Å². The first-order valence-corrected chi connectivity index (χ1v) is 7.87. The van der Waals surface area contributed by atoms with Gasteiger partial charge in [-0.2, -0.15) is 0 Å². The molecule has 0 aliphatic rings. The SMILES string of the molecule is CCC(CC)(CC(=O)NCCc1ccc(Cl)s1)C(=O)O. The standard InChI is InChI=1S/C14H20ClNO3S/c1-3-14(4-2,13(18)19)9-12(17)16-8-7-10-5-6-11(15)20-10/h5-6H,3-4,7-9H2,1-2H3,(H,16,17)(H,18,19). The van der Waals surface area contributed by atoms with Crippen LogP contribution in [-0.4, -0.2) is 23.5 Å². The van der Waals surface area contributed by atoms with Crippen LogP contribution in [-0.2, 0) is 16.0 Å². The van der Waals surface area contributed by atoms with Gasteiger partial charge in [-0.15, -0.1) is 11.3 Å². The van der Waals surface area contributed by atoms with E-state index in [4.69, 9.17) is 11.6 Å². The number of hydrogen-bond donors (Lipinski definition) is 2. The Bertz CT molecular complexity index is 469. The molecule has 0 aliphatic heterocycles. The highest BCUT2D eigenvalue weighted by atomic mass is 35.5. The fraction of sp³-hybridized carbons (Fsp3) is 0.571. The number of carboxylic acid groups (broad SMARTS) is 1. The number of nitrogens with one attached hydrogen (secondary N) is 1. The van der Waals surface area contributed by atoms with E-state index in [-0.39, 0.29) is 12.3 Å². The topological polar surface area (TPSA) is 66.4 Å². The molecular weight excluding hydrogens is 298 g/mol. The Balaban J connectivity index is 2.44. The van der Waals surface area contributed by atoms with Crippen molar-refractivity contribution in [1.29, 1.82) is 0 Å². The predicted molar refractivity (Wildman–Crippen MR) is 81.3 cm³/mol. The van der Waals surface area contributed by atoms with Crippen LogP contribution in [0, 0.1) is 5.41 Å². The summed E-state index contributed by atoms with van der Waals surface area (Å²) in [4.78, 5) is 24.3. The van der Waals surface area contributed by atoms with Crippen LogP contribution in [0.2, 0.25) is 4.34 Å². The van der Waals surface area contributed by atoms with Crippen molar-refractivity contribution in [2.75, 3.05) is 6.54 Å². The molecule has 0 saturated carbocycles. The van der Waals surface area contributed by atoms with E-state index in [2.05, 4.69) is 5.32 Å². The molecule has 0 bridgehead atoms. The maximum atomic E-state index is 11.9. The zero-order chi connectivity index (χ0) is 15.2. The van der Waals surface area contributed by atoms with Crippen molar-refractivity contribution in [2.45, 2.75) is 39.5 Å². The van der Waals surface area contributed by atoms with E-state index in [1.54, 1.807) is 13.8 Å². The van der Waals surface area contributed by atoms with Crippen molar-refractivity contribution >= 4 is 34.8 Å². The molecule has 4 nitrogen and oxygen atoms in total. The Hall–Kier alpha value is -1.07. The summed E-state index contributed by atoms with van der Waals surface area (Å²) in [6.07, 6.45) is 1.64. The lowest BCUT2D eigenvalue weighted by molar-refractivity contribution is -0.152. The second kappa shape index (κ2) is 7.64. The summed E-state index contributed by atoms with van der Waals surface area (Å²) in [7, 11) is 0. The average Bonchev–Trinajstić information content (AvgIpc) is 2.81. The first kappa shape index (κ1) is 17.0. The number of thiophene rings is 1. The third-order valence-electron chi connectivity index (χ3n) is 3.63. The predicted octanol–water partition coefficient (Wildman–Crippen LogP) is 3.34. The van der Waals surface area contributed by atoms with Gasteiger partial charge >= 0.3 is 5.97 Å². The minimum Gasteiger partial charge on any atom is -0.481 e. The molecule has 0 spiro atoms. The normalized spacial score (nSPS) is 11.3. The Morgan fingerprint density at radius 2 is 2.00 bits per heavy atom. The number of halogens is 1. The Morgan fingerprint density at radius 1 is 1.35 bits per heavy atom. The molecule has 1 aromatic rings. The maximum absolute atomic E-state index is 11.9. The summed E-state index contributed by atoms with van der Waals surface area (Å²) in [6.45, 7) is 4.11. The van der Waals surface area contributed by atoms with Crippen molar-refractivity contribution in [3.8, 4) is 0 Å². The molecule has 0 unspecified atom stereocenters. The number of hydrogen-bond acceptors (Lipinski definition) is 3. The van der Waals surface area contributed by atoms with Crippen LogP contribution in [0.15, 0.2) is 12.1 Å². The summed E-state index contributed by atoms with van der Waals surface area (Å²) in [5.74, 6) is -1.11. The number of carbonyl (C=O) groups excluding carboxylic acids is 1. The molecule has 0 aliphatic carbocycles. The van der Waals surface area contributed by atoms with Gasteiger partial charge in [0.2, 0.25) is 5.91 Å². The zero-order valence-corrected chi connectivity index (χ0v) is 13.3. The lowest BCUT2D eigenvalue weighted by atomic mass is 9.79. The molecule has 0 radical (unpaired) electrons. The van der Waals surface area contributed by atoms with E-state index >= 15 is 0 Å². The summed E-state index contributed by atoms with van der Waals surface area (Å²) < 4.78 is 0.730. The van der Waals surface area contributed by atoms with E-state index in [0.717, 1.165) is 9.21 Å². The highest BCUT2D eigenvalue weighted by molar-refractivity contribution is 7.16. The van der Waals surface area contributed by atoms with Crippen LogP contribution in [0.3, 0.4) is 0 Å². The zero-order valence-electron chi connectivity index (χ0n) is 11.7. The second-order valence-electron chi connectivity index (χ2n) is 4.78. The first-order valence-electron chi connectivity index (χ1n) is 6.68. The molecule has 1 amide bonds. The Morgan fingerprint density at radius 3 is 2.45 bits per heavy atom. The van der Waals surface area contributed by atoms with E-state index in [1.807, 2.05) is 12.1 Å². The molecule has 6 heteroatoms. The molecule has 1 rings (SSSR count). The third kappa shape index (κ3) is 4.49. The third-order valence-corrected chi connectivity index (χ3v) is 4.92. The summed E-state index contributed by atoms with van der Waals surface area (Å²) in [5, 5.41) is 12.1. The molecule has 112 valence electrons. The fourth-order valence-electron chi connectivity index (χ4n) is 2.06. The second-order valence-corrected chi connectivity index (χ2v) is 6.57. The quantitative estimate of drug-likeness (QED) is 0.772. The van der Waals surface area contributed by atoms with Crippen molar-refractivity contribution < 1.29 is 14.7 Å². The maximum Gasteiger partial charge on any atom is 0.310 e. The molecular formula is C14H20ClNO3S. The molecule has 0 aromatic carbocycles. The van der Waals surface area contributed by atoms with Gasteiger partial charge < -0.3 is 10.4 Å². The van der Waals surface area contributed by atoms with E-state index in [1.165, 1.54) is 11.3 Å². The average molecular weight is 318 g/mol. The van der Waals surface area contributed by atoms with Gasteiger partial charge in [0.15, 0.2) is 0 Å². The first-order chi connectivity index (χ1) is 9.43. The lowest BCUT2D eigenvalue weighted by Crippen LogP contribution is -2.37. The molecule has 1 aromatic heterocycles. The number of aliphatic carboxylic acids is 1. The van der Waals surface area contributed by atoms with Crippen molar-refractivity contribution in [1.82, 2.24) is 5.32 Å². The fourth-order valence-corrected chi connectivity index (χ4v) is 3.15. The summed E-state index contributed by atoms with van der Waals surface area (Å²) in [6, 6.07) is 3.76. The van der Waals surface area contributed by atoms with E-state index in [0.29, 0.717) is 25.8 Å². The van der Waals surface area contributed by atoms with Crippen LogP contribution >= 0.6 is 22.9 Å². The van der Waals surface area contributed by atoms with Crippen molar-refractivity contribution in [3.05, 3.63) is 21.3 Å². The van der Waals surface area contributed by atoms with E-state index < -0.39 is 11.4 Å². The number of carbonyl (C=O) groups is 2. The van der Waals surface area contributed by atoms with Gasteiger partial charge in [0.1, 0.15) is 0 Å². The lowest BCUT2D eigenvalue weighted by Gasteiger charge is -2.25. The summed E-state index contributed by atoms with van der Waals surface area (Å²) in [5.41, 5.74) is -0.948. The van der Waals surface area contributed by atoms with Gasteiger partial charge in [0, 0.05) is 17.8 Å². The smallest absolute Gasteiger partial charge is 0.310 e. The van der Waals surface area contributed by atoms with Crippen LogP contribution in [0.4, 0.5) is 0 Å². The van der Waals surface area contributed by atoms with Gasteiger partial charge in [-0.3, -0.25) is 9.59 Å². The Labute approximate surface area is 128 Å². The van der Waals surface area contributed by atoms with Gasteiger partial charge in [-0.25, -0.2) is 0 Å². The number of rotatable bonds is 8. The Kier molecular flexibility index (Phi) is 6.49. The molecule has 0 fully saturated rings. The van der Waals surface area contributed by atoms with Gasteiger partial charge in [0.25, 0.3) is 0 Å². The van der Waals surface area contributed by atoms with Crippen molar-refractivity contribution in [3.63, 3.8) is 0 Å². The molecule has 1 heterocycles. The van der Waals surface area contributed by atoms with Crippen LogP contribution in [0.5, 0.6) is 0 Å². The molecule has 2 N–H and O–H groups in total. The van der Waals surface area contributed by atoms with Gasteiger partial charge in [-0.1, -0.05) is 25.4 Å². The molecule has 0 atom stereocenters. The van der Waals surface area contributed by atoms with Crippen molar-refractivity contribution in [2.24, 2.45) is 5.41 Å². The minimum atomic E-state index is -0.948. The number of carboxylic acids is 1. The van der Waals surface area contributed by atoms with Crippen LogP contribution < -0.4 is 5.32 Å². The molecule has 20 heavy (non-hydrogen) atoms. The minimum absolute atomic E-state index is 0.0283. The molecule has 0 saturated heterocycles. The largest absolute Gasteiger partial charge is 0.481 e. The number of amides is 1. The monoisotopic (exact) mass is 317 g/mol.